The van der Waals surface area contributed by atoms with Crippen molar-refractivity contribution in [3.8, 4) is 5.75 Å². The van der Waals surface area contributed by atoms with Crippen LogP contribution in [0.1, 0.15) is 33.6 Å². The van der Waals surface area contributed by atoms with E-state index in [4.69, 9.17) is 4.74 Å². The van der Waals surface area contributed by atoms with Gasteiger partial charge in [-0.1, -0.05) is 30.3 Å². The summed E-state index contributed by atoms with van der Waals surface area (Å²) in [5, 5.41) is 10.3. The highest BCUT2D eigenvalue weighted by Crippen LogP contribution is 2.37. The second kappa shape index (κ2) is 10.4. The minimum atomic E-state index is -0.369. The lowest BCUT2D eigenvalue weighted by molar-refractivity contribution is 0.0954. The molecule has 1 atom stereocenters. The van der Waals surface area contributed by atoms with Crippen LogP contribution in [0.4, 0.5) is 15.9 Å². The highest BCUT2D eigenvalue weighted by molar-refractivity contribution is 7.20. The van der Waals surface area contributed by atoms with Gasteiger partial charge in [-0.15, -0.1) is 11.3 Å². The quantitative estimate of drug-likeness (QED) is 0.339. The number of piperidine rings is 1. The average molecular weight is 492 g/mol. The highest BCUT2D eigenvalue weighted by Gasteiger charge is 2.21. The van der Waals surface area contributed by atoms with Gasteiger partial charge in [-0.2, -0.15) is 0 Å². The summed E-state index contributed by atoms with van der Waals surface area (Å²) in [7, 11) is 0. The molecule has 9 heteroatoms. The Morgan fingerprint density at radius 2 is 2.09 bits per heavy atom. The monoisotopic (exact) mass is 491 g/mol. The van der Waals surface area contributed by atoms with E-state index in [1.54, 1.807) is 6.07 Å². The van der Waals surface area contributed by atoms with Crippen LogP contribution >= 0.6 is 11.3 Å². The molecule has 3 heterocycles. The molecule has 4 aromatic rings. The Hall–Kier alpha value is -3.56. The fraction of sp³-hybridized carbons (Fsp3) is 0.269. The van der Waals surface area contributed by atoms with Crippen LogP contribution in [0.2, 0.25) is 0 Å². The normalized spacial score (nSPS) is 15.7. The number of thiophene rings is 1. The molecular weight excluding hydrogens is 465 g/mol. The molecule has 7 nitrogen and oxygen atoms in total. The topological polar surface area (TPSA) is 88.2 Å². The smallest absolute Gasteiger partial charge is 0.261 e. The Kier molecular flexibility index (Phi) is 6.87. The van der Waals surface area contributed by atoms with Crippen molar-refractivity contribution in [1.82, 2.24) is 20.6 Å². The molecule has 5 rings (SSSR count). The number of rotatable bonds is 7. The number of amides is 1. The lowest BCUT2D eigenvalue weighted by Gasteiger charge is -2.25. The van der Waals surface area contributed by atoms with Crippen molar-refractivity contribution < 1.29 is 13.9 Å². The maximum Gasteiger partial charge on any atom is 0.261 e. The summed E-state index contributed by atoms with van der Waals surface area (Å²) in [5.41, 5.74) is 2.43. The number of nitrogens with zero attached hydrogens (tertiary/aromatic N) is 2. The van der Waals surface area contributed by atoms with Crippen molar-refractivity contribution >= 4 is 39.0 Å². The number of hydrogen-bond acceptors (Lipinski definition) is 7. The van der Waals surface area contributed by atoms with Gasteiger partial charge >= 0.3 is 0 Å². The molecule has 1 fully saturated rings. The van der Waals surface area contributed by atoms with Crippen molar-refractivity contribution in [1.29, 1.82) is 0 Å². The number of benzene rings is 2. The lowest BCUT2D eigenvalue weighted by atomic mass is 10.1. The summed E-state index contributed by atoms with van der Waals surface area (Å²) in [5.74, 6) is 0.449. The second-order valence-corrected chi connectivity index (χ2v) is 9.48. The lowest BCUT2D eigenvalue weighted by Crippen LogP contribution is -2.37. The second-order valence-electron chi connectivity index (χ2n) is 8.48. The summed E-state index contributed by atoms with van der Waals surface area (Å²) in [6.45, 7) is 4.02. The van der Waals surface area contributed by atoms with E-state index in [1.165, 1.54) is 29.8 Å². The molecular formula is C26H26FN5O2S. The number of anilines is 2. The predicted molar refractivity (Wildman–Crippen MR) is 136 cm³/mol. The van der Waals surface area contributed by atoms with Gasteiger partial charge in [0.25, 0.3) is 5.91 Å². The number of halogens is 1. The van der Waals surface area contributed by atoms with Crippen LogP contribution in [0.5, 0.6) is 5.75 Å². The molecule has 0 aliphatic carbocycles. The number of fused-ring (bicyclic) bond motifs is 1. The molecule has 0 radical (unpaired) electrons. The van der Waals surface area contributed by atoms with Crippen LogP contribution in [-0.2, 0) is 6.54 Å². The van der Waals surface area contributed by atoms with E-state index in [0.717, 1.165) is 42.4 Å². The summed E-state index contributed by atoms with van der Waals surface area (Å²) in [6.07, 6.45) is 3.35. The first-order valence-corrected chi connectivity index (χ1v) is 12.4. The van der Waals surface area contributed by atoms with E-state index >= 15 is 0 Å². The largest absolute Gasteiger partial charge is 0.487 e. The van der Waals surface area contributed by atoms with Crippen LogP contribution in [0.15, 0.2) is 54.9 Å². The standard InChI is InChI=1S/C26H26FN5O2S/c1-16-22-24(32-20-10-9-18(27)12-21(20)34-19-8-5-11-28-14-19)30-15-31-26(22)35-23(16)25(33)29-13-17-6-3-2-4-7-17/h2-4,6-7,9-10,12,15,19,28H,5,8,11,13-14H2,1H3,(H,29,33)(H,30,31,32). The predicted octanol–water partition coefficient (Wildman–Crippen LogP) is 4.94. The van der Waals surface area contributed by atoms with Gasteiger partial charge in [-0.3, -0.25) is 4.79 Å². The molecule has 35 heavy (non-hydrogen) atoms. The maximum atomic E-state index is 14.1. The van der Waals surface area contributed by atoms with E-state index in [2.05, 4.69) is 25.9 Å². The molecule has 1 amide bonds. The zero-order valence-electron chi connectivity index (χ0n) is 19.3. The van der Waals surface area contributed by atoms with E-state index in [-0.39, 0.29) is 17.8 Å². The molecule has 180 valence electrons. The van der Waals surface area contributed by atoms with Gasteiger partial charge in [0, 0.05) is 19.2 Å². The third kappa shape index (κ3) is 5.26. The van der Waals surface area contributed by atoms with Crippen LogP contribution < -0.4 is 20.7 Å². The fourth-order valence-corrected chi connectivity index (χ4v) is 5.23. The summed E-state index contributed by atoms with van der Waals surface area (Å²) in [4.78, 5) is 23.1. The highest BCUT2D eigenvalue weighted by atomic mass is 32.1. The summed E-state index contributed by atoms with van der Waals surface area (Å²) < 4.78 is 20.2. The number of ether oxygens (including phenoxy) is 1. The van der Waals surface area contributed by atoms with E-state index < -0.39 is 0 Å². The van der Waals surface area contributed by atoms with Crippen LogP contribution in [0.3, 0.4) is 0 Å². The molecule has 0 spiro atoms. The molecule has 2 aromatic carbocycles. The van der Waals surface area contributed by atoms with Crippen molar-refractivity contribution in [3.63, 3.8) is 0 Å². The molecule has 1 saturated heterocycles. The number of hydrogen-bond donors (Lipinski definition) is 3. The van der Waals surface area contributed by atoms with Gasteiger partial charge in [0.1, 0.15) is 34.6 Å². The van der Waals surface area contributed by atoms with Gasteiger partial charge in [0.15, 0.2) is 0 Å². The van der Waals surface area contributed by atoms with E-state index in [0.29, 0.717) is 33.5 Å². The van der Waals surface area contributed by atoms with Gasteiger partial charge in [-0.05, 0) is 49.6 Å². The first-order valence-electron chi connectivity index (χ1n) is 11.6. The number of carbonyl (C=O) groups is 1. The Morgan fingerprint density at radius 1 is 1.23 bits per heavy atom. The Labute approximate surface area is 206 Å². The zero-order valence-corrected chi connectivity index (χ0v) is 20.1. The molecule has 3 N–H and O–H groups in total. The molecule has 1 aliphatic heterocycles. The van der Waals surface area contributed by atoms with Crippen molar-refractivity contribution in [3.05, 3.63) is 76.7 Å². The van der Waals surface area contributed by atoms with Crippen molar-refractivity contribution in [2.45, 2.75) is 32.4 Å². The number of aromatic nitrogens is 2. The van der Waals surface area contributed by atoms with E-state index in [9.17, 15) is 9.18 Å². The Balaban J connectivity index is 1.41. The number of carbonyl (C=O) groups excluding carboxylic acids is 1. The third-order valence-corrected chi connectivity index (χ3v) is 7.17. The molecule has 0 bridgehead atoms. The number of nitrogens with one attached hydrogen (secondary N) is 3. The average Bonchev–Trinajstić information content (AvgIpc) is 3.23. The molecule has 2 aromatic heterocycles. The van der Waals surface area contributed by atoms with E-state index in [1.807, 2.05) is 37.3 Å². The van der Waals surface area contributed by atoms with Crippen LogP contribution in [0, 0.1) is 12.7 Å². The van der Waals surface area contributed by atoms with Gasteiger partial charge in [0.05, 0.1) is 16.0 Å². The maximum absolute atomic E-state index is 14.1. The Morgan fingerprint density at radius 3 is 2.89 bits per heavy atom. The SMILES string of the molecule is Cc1c(C(=O)NCc2ccccc2)sc2ncnc(Nc3ccc(F)cc3OC3CCCNC3)c12. The summed E-state index contributed by atoms with van der Waals surface area (Å²) in [6, 6.07) is 14.2. The minimum absolute atomic E-state index is 0.0284. The van der Waals surface area contributed by atoms with Gasteiger partial charge in [0.2, 0.25) is 0 Å². The van der Waals surface area contributed by atoms with Gasteiger partial charge in [-0.25, -0.2) is 14.4 Å². The van der Waals surface area contributed by atoms with Gasteiger partial charge < -0.3 is 20.7 Å². The van der Waals surface area contributed by atoms with Crippen molar-refractivity contribution in [2.75, 3.05) is 18.4 Å². The zero-order chi connectivity index (χ0) is 24.2. The minimum Gasteiger partial charge on any atom is -0.487 e. The molecule has 1 aliphatic rings. The third-order valence-electron chi connectivity index (χ3n) is 5.97. The van der Waals surface area contributed by atoms with Crippen LogP contribution in [0.25, 0.3) is 10.2 Å². The molecule has 1 unspecified atom stereocenters. The molecule has 0 saturated carbocycles. The first-order chi connectivity index (χ1) is 17.1. The Bertz CT molecular complexity index is 1340. The van der Waals surface area contributed by atoms with Crippen LogP contribution in [-0.4, -0.2) is 35.1 Å². The summed E-state index contributed by atoms with van der Waals surface area (Å²) >= 11 is 1.32. The first kappa shape index (κ1) is 23.2. The number of aryl methyl sites for hydroxylation is 1. The fourth-order valence-electron chi connectivity index (χ4n) is 4.17. The van der Waals surface area contributed by atoms with Crippen molar-refractivity contribution in [2.24, 2.45) is 0 Å².